The van der Waals surface area contributed by atoms with Crippen LogP contribution in [-0.4, -0.2) is 5.91 Å². The molecule has 2 nitrogen and oxygen atoms in total. The van der Waals surface area contributed by atoms with E-state index < -0.39 is 0 Å². The minimum Gasteiger partial charge on any atom is -0.366 e. The Morgan fingerprint density at radius 1 is 1.54 bits per heavy atom. The number of hydrogen-bond acceptors (Lipinski definition) is 1. The molecule has 1 aliphatic carbocycles. The van der Waals surface area contributed by atoms with Crippen molar-refractivity contribution in [1.29, 1.82) is 0 Å². The van der Waals surface area contributed by atoms with Gasteiger partial charge in [0.1, 0.15) is 0 Å². The first-order chi connectivity index (χ1) is 6.02. The van der Waals surface area contributed by atoms with Crippen LogP contribution in [0.4, 0.5) is 0 Å². The molecule has 0 saturated carbocycles. The van der Waals surface area contributed by atoms with Gasteiger partial charge in [-0.15, -0.1) is 0 Å². The maximum Gasteiger partial charge on any atom is 0.244 e. The Labute approximate surface area is 80.2 Å². The second kappa shape index (κ2) is 3.95. The number of rotatable bonds is 2. The van der Waals surface area contributed by atoms with Gasteiger partial charge in [0.15, 0.2) is 0 Å². The van der Waals surface area contributed by atoms with Crippen LogP contribution in [0.25, 0.3) is 0 Å². The molecule has 2 N–H and O–H groups in total. The van der Waals surface area contributed by atoms with Crippen molar-refractivity contribution in [2.24, 2.45) is 17.6 Å². The van der Waals surface area contributed by atoms with Crippen molar-refractivity contribution >= 4 is 5.91 Å². The van der Waals surface area contributed by atoms with Crippen LogP contribution in [-0.2, 0) is 4.79 Å². The number of carbonyl (C=O) groups is 1. The molecule has 2 heteroatoms. The third-order valence-electron chi connectivity index (χ3n) is 2.84. The van der Waals surface area contributed by atoms with E-state index in [2.05, 4.69) is 20.8 Å². The van der Waals surface area contributed by atoms with Crippen LogP contribution >= 0.6 is 0 Å². The molecule has 1 atom stereocenters. The van der Waals surface area contributed by atoms with Crippen LogP contribution in [0.1, 0.15) is 40.0 Å². The Balaban J connectivity index is 2.94. The van der Waals surface area contributed by atoms with Crippen LogP contribution in [0, 0.1) is 11.8 Å². The summed E-state index contributed by atoms with van der Waals surface area (Å²) in [7, 11) is 0. The van der Waals surface area contributed by atoms with E-state index in [0.717, 1.165) is 18.4 Å². The van der Waals surface area contributed by atoms with E-state index in [1.54, 1.807) is 0 Å². The number of carbonyl (C=O) groups excluding carboxylic acids is 1. The van der Waals surface area contributed by atoms with Gasteiger partial charge in [-0.2, -0.15) is 0 Å². The molecule has 1 amide bonds. The molecule has 0 aromatic heterocycles. The van der Waals surface area contributed by atoms with Crippen LogP contribution < -0.4 is 5.73 Å². The number of allylic oxidation sites excluding steroid dienone is 1. The fourth-order valence-electron chi connectivity index (χ4n) is 2.03. The lowest BCUT2D eigenvalue weighted by atomic mass is 9.80. The minimum absolute atomic E-state index is 0.213. The molecule has 1 unspecified atom stereocenters. The van der Waals surface area contributed by atoms with E-state index >= 15 is 0 Å². The Bertz CT molecular complexity index is 240. The molecule has 0 aliphatic heterocycles. The van der Waals surface area contributed by atoms with E-state index in [-0.39, 0.29) is 5.91 Å². The van der Waals surface area contributed by atoms with Gasteiger partial charge in [-0.25, -0.2) is 0 Å². The summed E-state index contributed by atoms with van der Waals surface area (Å²) in [6.07, 6.45) is 3.13. The highest BCUT2D eigenvalue weighted by Crippen LogP contribution is 2.32. The molecule has 74 valence electrons. The van der Waals surface area contributed by atoms with Crippen molar-refractivity contribution in [1.82, 2.24) is 0 Å². The van der Waals surface area contributed by atoms with Gasteiger partial charge in [0.05, 0.1) is 0 Å². The Kier molecular flexibility index (Phi) is 3.12. The summed E-state index contributed by atoms with van der Waals surface area (Å²) in [6.45, 7) is 6.45. The van der Waals surface area contributed by atoms with Crippen molar-refractivity contribution in [3.05, 3.63) is 11.1 Å². The average molecular weight is 181 g/mol. The monoisotopic (exact) mass is 181 g/mol. The highest BCUT2D eigenvalue weighted by Gasteiger charge is 2.22. The molecule has 1 rings (SSSR count). The van der Waals surface area contributed by atoms with Gasteiger partial charge in [0.25, 0.3) is 0 Å². The fourth-order valence-corrected chi connectivity index (χ4v) is 2.03. The Hall–Kier alpha value is -0.790. The first-order valence-corrected chi connectivity index (χ1v) is 5.04. The van der Waals surface area contributed by atoms with E-state index in [4.69, 9.17) is 5.73 Å². The molecule has 0 aromatic rings. The summed E-state index contributed by atoms with van der Waals surface area (Å²) in [5.74, 6) is 0.871. The maximum absolute atomic E-state index is 11.2. The summed E-state index contributed by atoms with van der Waals surface area (Å²) >= 11 is 0. The van der Waals surface area contributed by atoms with Crippen molar-refractivity contribution in [2.45, 2.75) is 40.0 Å². The van der Waals surface area contributed by atoms with Crippen LogP contribution in [0.2, 0.25) is 0 Å². The van der Waals surface area contributed by atoms with Gasteiger partial charge in [-0.05, 0) is 31.1 Å². The zero-order valence-electron chi connectivity index (χ0n) is 8.76. The normalized spacial score (nSPS) is 23.8. The number of amides is 1. The van der Waals surface area contributed by atoms with Gasteiger partial charge >= 0.3 is 0 Å². The molecule has 0 bridgehead atoms. The minimum atomic E-state index is -0.213. The average Bonchev–Trinajstić information content (AvgIpc) is 2.03. The predicted molar refractivity (Wildman–Crippen MR) is 54.1 cm³/mol. The van der Waals surface area contributed by atoms with Crippen LogP contribution in [0.15, 0.2) is 11.1 Å². The molecule has 0 radical (unpaired) electrons. The number of primary amides is 1. The third kappa shape index (κ3) is 2.33. The zero-order valence-corrected chi connectivity index (χ0v) is 8.76. The SMILES string of the molecule is CC1CCC(C(C)C)=C(C(N)=O)C1. The molecule has 0 aromatic carbocycles. The second-order valence-electron chi connectivity index (χ2n) is 4.37. The Morgan fingerprint density at radius 3 is 2.62 bits per heavy atom. The van der Waals surface area contributed by atoms with E-state index in [0.29, 0.717) is 11.8 Å². The van der Waals surface area contributed by atoms with Crippen LogP contribution in [0.5, 0.6) is 0 Å². The summed E-state index contributed by atoms with van der Waals surface area (Å²) in [6, 6.07) is 0. The quantitative estimate of drug-likeness (QED) is 0.697. The lowest BCUT2D eigenvalue weighted by molar-refractivity contribution is -0.115. The molecule has 0 spiro atoms. The summed E-state index contributed by atoms with van der Waals surface area (Å²) in [5, 5.41) is 0. The molecular formula is C11H19NO. The lowest BCUT2D eigenvalue weighted by Gasteiger charge is -2.25. The standard InChI is InChI=1S/C11H19NO/c1-7(2)9-5-4-8(3)6-10(9)11(12)13/h7-8H,4-6H2,1-3H3,(H2,12,13). The van der Waals surface area contributed by atoms with Crippen molar-refractivity contribution < 1.29 is 4.79 Å². The Morgan fingerprint density at radius 2 is 2.15 bits per heavy atom. The third-order valence-corrected chi connectivity index (χ3v) is 2.84. The largest absolute Gasteiger partial charge is 0.366 e. The predicted octanol–water partition coefficient (Wildman–Crippen LogP) is 2.24. The van der Waals surface area contributed by atoms with Gasteiger partial charge in [-0.3, -0.25) is 4.79 Å². The van der Waals surface area contributed by atoms with Crippen molar-refractivity contribution in [3.8, 4) is 0 Å². The summed E-state index contributed by atoms with van der Waals surface area (Å²) in [5.41, 5.74) is 7.54. The van der Waals surface area contributed by atoms with Crippen molar-refractivity contribution in [3.63, 3.8) is 0 Å². The maximum atomic E-state index is 11.2. The molecule has 0 heterocycles. The first kappa shape index (κ1) is 10.3. The zero-order chi connectivity index (χ0) is 10.0. The molecule has 1 aliphatic rings. The van der Waals surface area contributed by atoms with Crippen LogP contribution in [0.3, 0.4) is 0 Å². The lowest BCUT2D eigenvalue weighted by Crippen LogP contribution is -2.22. The van der Waals surface area contributed by atoms with Gasteiger partial charge in [0, 0.05) is 5.57 Å². The summed E-state index contributed by atoms with van der Waals surface area (Å²) in [4.78, 5) is 11.2. The fraction of sp³-hybridized carbons (Fsp3) is 0.727. The van der Waals surface area contributed by atoms with Gasteiger partial charge < -0.3 is 5.73 Å². The van der Waals surface area contributed by atoms with Gasteiger partial charge in [0.2, 0.25) is 5.91 Å². The van der Waals surface area contributed by atoms with E-state index in [9.17, 15) is 4.79 Å². The summed E-state index contributed by atoms with van der Waals surface area (Å²) < 4.78 is 0. The van der Waals surface area contributed by atoms with E-state index in [1.807, 2.05) is 0 Å². The molecule has 13 heavy (non-hydrogen) atoms. The number of nitrogens with two attached hydrogens (primary N) is 1. The highest BCUT2D eigenvalue weighted by molar-refractivity contribution is 5.93. The van der Waals surface area contributed by atoms with Gasteiger partial charge in [-0.1, -0.05) is 26.3 Å². The molecular weight excluding hydrogens is 162 g/mol. The number of hydrogen-bond donors (Lipinski definition) is 1. The first-order valence-electron chi connectivity index (χ1n) is 5.04. The molecule has 0 saturated heterocycles. The van der Waals surface area contributed by atoms with Crippen molar-refractivity contribution in [2.75, 3.05) is 0 Å². The topological polar surface area (TPSA) is 43.1 Å². The smallest absolute Gasteiger partial charge is 0.244 e. The molecule has 0 fully saturated rings. The highest BCUT2D eigenvalue weighted by atomic mass is 16.1. The van der Waals surface area contributed by atoms with E-state index in [1.165, 1.54) is 12.0 Å². The second-order valence-corrected chi connectivity index (χ2v) is 4.37.